The van der Waals surface area contributed by atoms with E-state index in [2.05, 4.69) is 39.5 Å². The molecule has 1 aliphatic carbocycles. The maximum atomic E-state index is 2.64. The first-order valence-electron chi connectivity index (χ1n) is 7.13. The quantitative estimate of drug-likeness (QED) is 0.651. The molecule has 0 N–H and O–H groups in total. The lowest BCUT2D eigenvalue weighted by atomic mass is 9.58. The Morgan fingerprint density at radius 3 is 2.12 bits per heavy atom. The van der Waals surface area contributed by atoms with Gasteiger partial charge in [0, 0.05) is 12.6 Å². The lowest BCUT2D eigenvalue weighted by Gasteiger charge is -2.60. The number of nitrogens with zero attached hydrogens (tertiary/aromatic N) is 1. The Kier molecular flexibility index (Phi) is 3.11. The van der Waals surface area contributed by atoms with Crippen molar-refractivity contribution in [3.63, 3.8) is 0 Å². The molecule has 0 aromatic rings. The van der Waals surface area contributed by atoms with Gasteiger partial charge in [-0.15, -0.1) is 0 Å². The summed E-state index contributed by atoms with van der Waals surface area (Å²) < 4.78 is 0. The van der Waals surface area contributed by atoms with Gasteiger partial charge in [0.15, 0.2) is 0 Å². The predicted octanol–water partition coefficient (Wildman–Crippen LogP) is 3.93. The molecule has 1 atom stereocenters. The lowest BCUT2D eigenvalue weighted by Crippen LogP contribution is -2.64. The van der Waals surface area contributed by atoms with Crippen LogP contribution in [0.15, 0.2) is 0 Å². The van der Waals surface area contributed by atoms with E-state index < -0.39 is 0 Å². The number of hydrogen-bond acceptors (Lipinski definition) is 1. The van der Waals surface area contributed by atoms with Gasteiger partial charge >= 0.3 is 0 Å². The molecule has 1 unspecified atom stereocenters. The summed E-state index contributed by atoms with van der Waals surface area (Å²) in [5.41, 5.74) is 1.23. The molecular formula is C15H29N. The van der Waals surface area contributed by atoms with Crippen molar-refractivity contribution >= 4 is 0 Å². The zero-order chi connectivity index (χ0) is 12.0. The molecule has 0 bridgehead atoms. The van der Waals surface area contributed by atoms with E-state index in [4.69, 9.17) is 0 Å². The Balaban J connectivity index is 1.91. The number of hydrogen-bond donors (Lipinski definition) is 0. The second-order valence-electron chi connectivity index (χ2n) is 7.24. The van der Waals surface area contributed by atoms with Gasteiger partial charge in [-0.1, -0.05) is 27.7 Å². The van der Waals surface area contributed by atoms with Gasteiger partial charge < -0.3 is 0 Å². The zero-order valence-corrected chi connectivity index (χ0v) is 11.8. The van der Waals surface area contributed by atoms with Gasteiger partial charge in [-0.2, -0.15) is 0 Å². The summed E-state index contributed by atoms with van der Waals surface area (Å²) in [5.74, 6) is 0.959. The standard InChI is InChI=1S/C15H29N/c1-6-16-11-15(12(16)2)9-7-13(8-10-15)14(3,4)5/h12-13H,6-11H2,1-5H3. The summed E-state index contributed by atoms with van der Waals surface area (Å²) in [5, 5.41) is 0. The van der Waals surface area contributed by atoms with Crippen molar-refractivity contribution in [3.8, 4) is 0 Å². The summed E-state index contributed by atoms with van der Waals surface area (Å²) in [7, 11) is 0. The first-order chi connectivity index (χ1) is 7.39. The normalized spacial score (nSPS) is 41.1. The zero-order valence-electron chi connectivity index (χ0n) is 11.8. The van der Waals surface area contributed by atoms with Crippen LogP contribution in [0.25, 0.3) is 0 Å². The second-order valence-corrected chi connectivity index (χ2v) is 7.24. The van der Waals surface area contributed by atoms with Gasteiger partial charge in [-0.05, 0) is 55.9 Å². The molecule has 0 aromatic carbocycles. The highest BCUT2D eigenvalue weighted by Crippen LogP contribution is 2.52. The molecule has 94 valence electrons. The predicted molar refractivity (Wildman–Crippen MR) is 70.6 cm³/mol. The van der Waals surface area contributed by atoms with Crippen molar-refractivity contribution in [2.45, 2.75) is 66.3 Å². The highest BCUT2D eigenvalue weighted by molar-refractivity contribution is 5.04. The lowest BCUT2D eigenvalue weighted by molar-refractivity contribution is -0.0993. The summed E-state index contributed by atoms with van der Waals surface area (Å²) in [6.45, 7) is 14.6. The molecule has 1 saturated carbocycles. The Morgan fingerprint density at radius 1 is 1.19 bits per heavy atom. The van der Waals surface area contributed by atoms with Crippen molar-refractivity contribution < 1.29 is 0 Å². The van der Waals surface area contributed by atoms with Crippen LogP contribution in [0.1, 0.15) is 60.3 Å². The Bertz CT molecular complexity index is 243. The van der Waals surface area contributed by atoms with Crippen LogP contribution in [0, 0.1) is 16.7 Å². The molecule has 16 heavy (non-hydrogen) atoms. The monoisotopic (exact) mass is 223 g/mol. The fourth-order valence-corrected chi connectivity index (χ4v) is 3.97. The maximum Gasteiger partial charge on any atom is 0.0136 e. The molecule has 1 heteroatoms. The molecular weight excluding hydrogens is 194 g/mol. The van der Waals surface area contributed by atoms with E-state index in [0.29, 0.717) is 10.8 Å². The molecule has 2 aliphatic rings. The third-order valence-electron chi connectivity index (χ3n) is 5.56. The van der Waals surface area contributed by atoms with Crippen molar-refractivity contribution in [1.82, 2.24) is 4.90 Å². The van der Waals surface area contributed by atoms with E-state index in [-0.39, 0.29) is 0 Å². The van der Waals surface area contributed by atoms with Gasteiger partial charge in [-0.3, -0.25) is 4.90 Å². The fraction of sp³-hybridized carbons (Fsp3) is 1.00. The fourth-order valence-electron chi connectivity index (χ4n) is 3.97. The molecule has 0 radical (unpaired) electrons. The molecule has 2 fully saturated rings. The van der Waals surface area contributed by atoms with E-state index in [1.54, 1.807) is 0 Å². The van der Waals surface area contributed by atoms with Gasteiger partial charge in [0.05, 0.1) is 0 Å². The van der Waals surface area contributed by atoms with Crippen LogP contribution in [0.2, 0.25) is 0 Å². The minimum Gasteiger partial charge on any atom is -0.300 e. The van der Waals surface area contributed by atoms with E-state index in [1.165, 1.54) is 38.8 Å². The van der Waals surface area contributed by atoms with Crippen LogP contribution >= 0.6 is 0 Å². The molecule has 2 rings (SSSR count). The maximum absolute atomic E-state index is 2.64. The van der Waals surface area contributed by atoms with E-state index >= 15 is 0 Å². The van der Waals surface area contributed by atoms with E-state index in [0.717, 1.165) is 12.0 Å². The third-order valence-corrected chi connectivity index (χ3v) is 5.56. The van der Waals surface area contributed by atoms with Crippen molar-refractivity contribution in [2.24, 2.45) is 16.7 Å². The molecule has 1 nitrogen and oxygen atoms in total. The first kappa shape index (κ1) is 12.4. The third kappa shape index (κ3) is 1.92. The second kappa shape index (κ2) is 4.01. The van der Waals surface area contributed by atoms with Crippen molar-refractivity contribution in [1.29, 1.82) is 0 Å². The summed E-state index contributed by atoms with van der Waals surface area (Å²) in [6, 6.07) is 0.846. The smallest absolute Gasteiger partial charge is 0.0136 e. The highest BCUT2D eigenvalue weighted by Gasteiger charge is 2.51. The van der Waals surface area contributed by atoms with Gasteiger partial charge in [0.1, 0.15) is 0 Å². The Morgan fingerprint density at radius 2 is 1.75 bits per heavy atom. The molecule has 1 aliphatic heterocycles. The van der Waals surface area contributed by atoms with Gasteiger partial charge in [0.25, 0.3) is 0 Å². The minimum absolute atomic E-state index is 0.527. The van der Waals surface area contributed by atoms with Crippen LogP contribution < -0.4 is 0 Å². The van der Waals surface area contributed by atoms with Crippen LogP contribution in [-0.2, 0) is 0 Å². The average molecular weight is 223 g/mol. The number of likely N-dealkylation sites (tertiary alicyclic amines) is 1. The largest absolute Gasteiger partial charge is 0.300 e. The SMILES string of the molecule is CCN1CC2(CCC(C(C)(C)C)CC2)C1C. The van der Waals surface area contributed by atoms with Crippen LogP contribution in [0.5, 0.6) is 0 Å². The van der Waals surface area contributed by atoms with Crippen molar-refractivity contribution in [3.05, 3.63) is 0 Å². The highest BCUT2D eigenvalue weighted by atomic mass is 15.2. The Labute approximate surface area is 102 Å². The van der Waals surface area contributed by atoms with Gasteiger partial charge in [-0.25, -0.2) is 0 Å². The topological polar surface area (TPSA) is 3.24 Å². The molecule has 0 aromatic heterocycles. The van der Waals surface area contributed by atoms with Crippen LogP contribution in [0.4, 0.5) is 0 Å². The number of rotatable bonds is 1. The van der Waals surface area contributed by atoms with Crippen LogP contribution in [-0.4, -0.2) is 24.0 Å². The van der Waals surface area contributed by atoms with Crippen LogP contribution in [0.3, 0.4) is 0 Å². The summed E-state index contributed by atoms with van der Waals surface area (Å²) >= 11 is 0. The average Bonchev–Trinajstić information content (AvgIpc) is 2.24. The first-order valence-corrected chi connectivity index (χ1v) is 7.13. The molecule has 1 spiro atoms. The van der Waals surface area contributed by atoms with Crippen molar-refractivity contribution in [2.75, 3.05) is 13.1 Å². The summed E-state index contributed by atoms with van der Waals surface area (Å²) in [6.07, 6.45) is 5.88. The molecule has 1 saturated heterocycles. The van der Waals surface area contributed by atoms with E-state index in [9.17, 15) is 0 Å². The van der Waals surface area contributed by atoms with E-state index in [1.807, 2.05) is 0 Å². The molecule has 1 heterocycles. The summed E-state index contributed by atoms with van der Waals surface area (Å²) in [4.78, 5) is 2.64. The Hall–Kier alpha value is -0.0400. The van der Waals surface area contributed by atoms with Gasteiger partial charge in [0.2, 0.25) is 0 Å². The molecule has 0 amide bonds. The minimum atomic E-state index is 0.527.